The Morgan fingerprint density at radius 1 is 1.14 bits per heavy atom. The van der Waals surface area contributed by atoms with E-state index in [1.165, 1.54) is 11.7 Å². The normalized spacial score (nSPS) is 11.6. The molecule has 0 unspecified atom stereocenters. The first-order valence-corrected chi connectivity index (χ1v) is 11.0. The number of carbonyl (C=O) groups is 2. The van der Waals surface area contributed by atoms with Crippen molar-refractivity contribution in [2.24, 2.45) is 0 Å². The molecule has 0 aliphatic heterocycles. The van der Waals surface area contributed by atoms with Gasteiger partial charge in [0.05, 0.1) is 18.2 Å². The highest BCUT2D eigenvalue weighted by Crippen LogP contribution is 2.13. The summed E-state index contributed by atoms with van der Waals surface area (Å²) >= 11 is 0. The fraction of sp³-hybridized carbons (Fsp3) is 0.444. The van der Waals surface area contributed by atoms with E-state index in [1.807, 2.05) is 6.92 Å². The lowest BCUT2D eigenvalue weighted by atomic mass is 10.1. The Hall–Kier alpha value is -2.79. The molecule has 0 aliphatic carbocycles. The molecule has 0 saturated heterocycles. The summed E-state index contributed by atoms with van der Waals surface area (Å²) in [6, 6.07) is 6.60. The zero-order valence-corrected chi connectivity index (χ0v) is 17.5. The van der Waals surface area contributed by atoms with E-state index in [-0.39, 0.29) is 11.3 Å². The smallest absolute Gasteiger partial charge is 0.272 e. The number of carbonyl (C=O) groups excluding carboxylic acids is 2. The van der Waals surface area contributed by atoms with Crippen LogP contribution in [0.2, 0.25) is 0 Å². The maximum Gasteiger partial charge on any atom is 0.290 e. The Balaban J connectivity index is 2.22. The van der Waals surface area contributed by atoms with Gasteiger partial charge in [-0.3, -0.25) is 25.2 Å². The largest absolute Gasteiger partial charge is 0.290 e. The molecule has 0 aliphatic rings. The van der Waals surface area contributed by atoms with E-state index in [1.54, 1.807) is 24.3 Å². The summed E-state index contributed by atoms with van der Waals surface area (Å²) in [6.07, 6.45) is 3.62. The van der Waals surface area contributed by atoms with Gasteiger partial charge in [0.25, 0.3) is 17.4 Å². The molecule has 0 radical (unpaired) electrons. The molecular weight excluding hydrogens is 398 g/mol. The lowest BCUT2D eigenvalue weighted by molar-refractivity contribution is -0.121. The monoisotopic (exact) mass is 423 g/mol. The molecule has 2 rings (SSSR count). The molecule has 29 heavy (non-hydrogen) atoms. The Morgan fingerprint density at radius 3 is 2.41 bits per heavy atom. The van der Waals surface area contributed by atoms with Gasteiger partial charge in [-0.05, 0) is 12.5 Å². The maximum absolute atomic E-state index is 12.6. The van der Waals surface area contributed by atoms with E-state index in [0.29, 0.717) is 17.3 Å². The molecule has 2 amide bonds. The Kier molecular flexibility index (Phi) is 7.46. The SMILES string of the molecule is CCCCCn1nc(C(=O)NNC(=O)CN(C)S(C)(=O)=O)c2ccccc2c1=O. The van der Waals surface area contributed by atoms with E-state index >= 15 is 0 Å². The summed E-state index contributed by atoms with van der Waals surface area (Å²) in [5.74, 6) is -1.42. The number of hydrazine groups is 1. The standard InChI is InChI=1S/C18H25N5O5S/c1-4-5-8-11-23-18(26)14-10-7-6-9-13(14)16(21-23)17(25)20-19-15(24)12-22(2)29(3,27)28/h6-7,9-10H,4-5,8,11-12H2,1-3H3,(H,19,24)(H,20,25). The average Bonchev–Trinajstić information content (AvgIpc) is 2.67. The van der Waals surface area contributed by atoms with E-state index in [4.69, 9.17) is 0 Å². The second-order valence-electron chi connectivity index (χ2n) is 6.65. The first-order valence-electron chi connectivity index (χ1n) is 9.15. The zero-order valence-electron chi connectivity index (χ0n) is 16.6. The van der Waals surface area contributed by atoms with Crippen molar-refractivity contribution >= 4 is 32.6 Å². The summed E-state index contributed by atoms with van der Waals surface area (Å²) < 4.78 is 24.8. The quantitative estimate of drug-likeness (QED) is 0.462. The summed E-state index contributed by atoms with van der Waals surface area (Å²) in [7, 11) is -2.28. The number of unbranched alkanes of at least 4 members (excludes halogenated alkanes) is 2. The van der Waals surface area contributed by atoms with Crippen molar-refractivity contribution < 1.29 is 18.0 Å². The van der Waals surface area contributed by atoms with Gasteiger partial charge in [-0.2, -0.15) is 9.40 Å². The highest BCUT2D eigenvalue weighted by molar-refractivity contribution is 7.88. The molecule has 10 nitrogen and oxygen atoms in total. The Morgan fingerprint density at radius 2 is 1.79 bits per heavy atom. The number of benzene rings is 1. The fourth-order valence-electron chi connectivity index (χ4n) is 2.61. The first kappa shape index (κ1) is 22.5. The van der Waals surface area contributed by atoms with Gasteiger partial charge in [-0.25, -0.2) is 13.1 Å². The average molecular weight is 423 g/mol. The van der Waals surface area contributed by atoms with Crippen LogP contribution < -0.4 is 16.4 Å². The minimum absolute atomic E-state index is 0.00605. The molecule has 0 saturated carbocycles. The molecule has 1 aromatic heterocycles. The van der Waals surface area contributed by atoms with Gasteiger partial charge in [0.15, 0.2) is 5.69 Å². The molecule has 0 atom stereocenters. The zero-order chi connectivity index (χ0) is 21.6. The molecule has 0 spiro atoms. The third-order valence-corrected chi connectivity index (χ3v) is 5.57. The predicted octanol–water partition coefficient (Wildman–Crippen LogP) is 0.239. The second-order valence-corrected chi connectivity index (χ2v) is 8.74. The Labute approximate surface area is 168 Å². The molecule has 1 aromatic carbocycles. The summed E-state index contributed by atoms with van der Waals surface area (Å²) in [4.78, 5) is 37.1. The lowest BCUT2D eigenvalue weighted by Crippen LogP contribution is -2.47. The Bertz CT molecular complexity index is 1060. The van der Waals surface area contributed by atoms with E-state index < -0.39 is 28.4 Å². The van der Waals surface area contributed by atoms with Gasteiger partial charge in [0.2, 0.25) is 10.0 Å². The number of nitrogens with one attached hydrogen (secondary N) is 2. The number of amides is 2. The van der Waals surface area contributed by atoms with Gasteiger partial charge >= 0.3 is 0 Å². The summed E-state index contributed by atoms with van der Waals surface area (Å²) in [5, 5.41) is 4.90. The number of fused-ring (bicyclic) bond motifs is 1. The van der Waals surface area contributed by atoms with Crippen LogP contribution in [0.4, 0.5) is 0 Å². The molecule has 2 N–H and O–H groups in total. The first-order chi connectivity index (χ1) is 13.6. The van der Waals surface area contributed by atoms with Crippen LogP contribution in [0.1, 0.15) is 36.7 Å². The van der Waals surface area contributed by atoms with Crippen LogP contribution in [0.5, 0.6) is 0 Å². The van der Waals surface area contributed by atoms with Gasteiger partial charge in [-0.1, -0.05) is 38.0 Å². The topological polar surface area (TPSA) is 130 Å². The molecule has 2 aromatic rings. The minimum Gasteiger partial charge on any atom is -0.272 e. The van der Waals surface area contributed by atoms with Crippen molar-refractivity contribution in [3.05, 3.63) is 40.3 Å². The van der Waals surface area contributed by atoms with Crippen LogP contribution in [0, 0.1) is 0 Å². The lowest BCUT2D eigenvalue weighted by Gasteiger charge is -2.14. The predicted molar refractivity (Wildman–Crippen MR) is 109 cm³/mol. The van der Waals surface area contributed by atoms with E-state index in [0.717, 1.165) is 29.8 Å². The van der Waals surface area contributed by atoms with Gasteiger partial charge in [0.1, 0.15) is 0 Å². The highest BCUT2D eigenvalue weighted by Gasteiger charge is 2.19. The summed E-state index contributed by atoms with van der Waals surface area (Å²) in [5.41, 5.74) is 4.10. The van der Waals surface area contributed by atoms with Crippen molar-refractivity contribution in [1.29, 1.82) is 0 Å². The molecule has 11 heteroatoms. The number of hydrogen-bond acceptors (Lipinski definition) is 6. The third-order valence-electron chi connectivity index (χ3n) is 4.30. The highest BCUT2D eigenvalue weighted by atomic mass is 32.2. The second kappa shape index (κ2) is 9.61. The summed E-state index contributed by atoms with van der Waals surface area (Å²) in [6.45, 7) is 1.96. The number of likely N-dealkylation sites (N-methyl/N-ethyl adjacent to an activating group) is 1. The van der Waals surface area contributed by atoms with Crippen molar-refractivity contribution in [3.63, 3.8) is 0 Å². The fourth-order valence-corrected chi connectivity index (χ4v) is 2.96. The van der Waals surface area contributed by atoms with E-state index in [9.17, 15) is 22.8 Å². The van der Waals surface area contributed by atoms with Crippen LogP contribution in [0.3, 0.4) is 0 Å². The van der Waals surface area contributed by atoms with E-state index in [2.05, 4.69) is 16.0 Å². The van der Waals surface area contributed by atoms with Gasteiger partial charge < -0.3 is 0 Å². The number of nitrogens with zero attached hydrogens (tertiary/aromatic N) is 3. The van der Waals surface area contributed by atoms with Crippen molar-refractivity contribution in [1.82, 2.24) is 24.9 Å². The van der Waals surface area contributed by atoms with Crippen LogP contribution in [-0.2, 0) is 21.4 Å². The van der Waals surface area contributed by atoms with Gasteiger partial charge in [-0.15, -0.1) is 0 Å². The minimum atomic E-state index is -3.53. The number of aryl methyl sites for hydroxylation is 1. The molecular formula is C18H25N5O5S. The van der Waals surface area contributed by atoms with Crippen LogP contribution in [-0.4, -0.2) is 54.2 Å². The molecule has 0 fully saturated rings. The number of aromatic nitrogens is 2. The molecule has 0 bridgehead atoms. The number of rotatable bonds is 8. The molecule has 158 valence electrons. The molecule has 1 heterocycles. The van der Waals surface area contributed by atoms with Gasteiger partial charge in [0, 0.05) is 19.0 Å². The van der Waals surface area contributed by atoms with Crippen molar-refractivity contribution in [3.8, 4) is 0 Å². The van der Waals surface area contributed by atoms with Crippen LogP contribution >= 0.6 is 0 Å². The van der Waals surface area contributed by atoms with Crippen LogP contribution in [0.15, 0.2) is 29.1 Å². The van der Waals surface area contributed by atoms with Crippen LogP contribution in [0.25, 0.3) is 10.8 Å². The number of hydrogen-bond donors (Lipinski definition) is 2. The van der Waals surface area contributed by atoms with Crippen molar-refractivity contribution in [2.45, 2.75) is 32.7 Å². The van der Waals surface area contributed by atoms with Crippen molar-refractivity contribution in [2.75, 3.05) is 19.8 Å². The third kappa shape index (κ3) is 5.84. The number of sulfonamides is 1. The maximum atomic E-state index is 12.6.